The van der Waals surface area contributed by atoms with Gasteiger partial charge in [0.15, 0.2) is 0 Å². The Balaban J connectivity index is 1.64. The number of aromatic nitrogens is 3. The predicted octanol–water partition coefficient (Wildman–Crippen LogP) is 4.33. The van der Waals surface area contributed by atoms with Crippen molar-refractivity contribution in [1.82, 2.24) is 19.4 Å². The van der Waals surface area contributed by atoms with Crippen LogP contribution in [0.4, 0.5) is 13.2 Å². The maximum atomic E-state index is 12.6. The lowest BCUT2D eigenvalue weighted by Crippen LogP contribution is -2.27. The zero-order valence-corrected chi connectivity index (χ0v) is 15.5. The second-order valence-electron chi connectivity index (χ2n) is 6.89. The molecule has 0 atom stereocenters. The van der Waals surface area contributed by atoms with Gasteiger partial charge in [-0.25, -0.2) is 9.97 Å². The highest BCUT2D eigenvalue weighted by atomic mass is 35.5. The van der Waals surface area contributed by atoms with E-state index < -0.39 is 12.0 Å². The van der Waals surface area contributed by atoms with Crippen LogP contribution in [-0.2, 0) is 32.1 Å². The van der Waals surface area contributed by atoms with E-state index in [0.29, 0.717) is 23.6 Å². The number of rotatable bonds is 3. The molecule has 0 spiro atoms. The van der Waals surface area contributed by atoms with E-state index in [4.69, 9.17) is 11.6 Å². The molecule has 0 fully saturated rings. The molecule has 0 unspecified atom stereocenters. The molecule has 142 valence electrons. The van der Waals surface area contributed by atoms with Gasteiger partial charge in [0.25, 0.3) is 0 Å². The second kappa shape index (κ2) is 6.80. The molecule has 0 radical (unpaired) electrons. The van der Waals surface area contributed by atoms with E-state index in [1.807, 2.05) is 18.2 Å². The van der Waals surface area contributed by atoms with Crippen LogP contribution in [0.2, 0.25) is 5.02 Å². The van der Waals surface area contributed by atoms with E-state index in [1.165, 1.54) is 23.7 Å². The Kier molecular flexibility index (Phi) is 4.60. The third-order valence-corrected chi connectivity index (χ3v) is 5.23. The smallest absolute Gasteiger partial charge is 0.344 e. The Morgan fingerprint density at radius 2 is 1.93 bits per heavy atom. The number of halogens is 4. The number of fused-ring (bicyclic) bond motifs is 3. The Morgan fingerprint density at radius 1 is 1.19 bits per heavy atom. The molecule has 0 bridgehead atoms. The fourth-order valence-corrected chi connectivity index (χ4v) is 3.86. The lowest BCUT2D eigenvalue weighted by atomic mass is 10.1. The summed E-state index contributed by atoms with van der Waals surface area (Å²) in [6, 6.07) is 5.88. The average Bonchev–Trinajstić information content (AvgIpc) is 2.92. The number of nitrogens with zero attached hydrogens (tertiary/aromatic N) is 4. The summed E-state index contributed by atoms with van der Waals surface area (Å²) in [7, 11) is 2.09. The van der Waals surface area contributed by atoms with E-state index in [1.54, 1.807) is 0 Å². The van der Waals surface area contributed by atoms with Crippen molar-refractivity contribution in [1.29, 1.82) is 0 Å². The van der Waals surface area contributed by atoms with Crippen LogP contribution in [0, 0.1) is 0 Å². The first-order valence-corrected chi connectivity index (χ1v) is 9.07. The molecular formula is C19H18ClF3N4. The third kappa shape index (κ3) is 3.53. The number of benzene rings is 1. The highest BCUT2D eigenvalue weighted by Crippen LogP contribution is 2.32. The van der Waals surface area contributed by atoms with Crippen molar-refractivity contribution in [3.63, 3.8) is 0 Å². The molecule has 0 amide bonds. The lowest BCUT2D eigenvalue weighted by molar-refractivity contribution is -0.145. The molecule has 0 N–H and O–H groups in total. The largest absolute Gasteiger partial charge is 0.451 e. The first kappa shape index (κ1) is 18.3. The molecule has 0 saturated carbocycles. The van der Waals surface area contributed by atoms with Crippen molar-refractivity contribution in [2.75, 3.05) is 13.6 Å². The SMILES string of the molecule is CN1CCc2c(c3cc(Cl)ccc3n2CCc2cnc(C(F)(F)F)nc2)C1. The van der Waals surface area contributed by atoms with Crippen molar-refractivity contribution in [2.24, 2.45) is 0 Å². The standard InChI is InChI=1S/C19H18ClF3N4/c1-26-6-5-17-15(11-26)14-8-13(20)2-3-16(14)27(17)7-4-12-9-24-18(25-10-12)19(21,22)23/h2-3,8-10H,4-7,11H2,1H3. The monoisotopic (exact) mass is 394 g/mol. The minimum atomic E-state index is -4.51. The molecule has 1 aliphatic heterocycles. The summed E-state index contributed by atoms with van der Waals surface area (Å²) in [5.74, 6) is -1.10. The molecule has 3 heterocycles. The lowest BCUT2D eigenvalue weighted by Gasteiger charge is -2.24. The fourth-order valence-electron chi connectivity index (χ4n) is 3.68. The van der Waals surface area contributed by atoms with Gasteiger partial charge in [0, 0.05) is 60.1 Å². The normalized spacial score (nSPS) is 15.3. The van der Waals surface area contributed by atoms with E-state index in [-0.39, 0.29) is 0 Å². The minimum Gasteiger partial charge on any atom is -0.344 e. The van der Waals surface area contributed by atoms with Crippen molar-refractivity contribution in [3.8, 4) is 0 Å². The van der Waals surface area contributed by atoms with E-state index in [2.05, 4.69) is 26.5 Å². The second-order valence-corrected chi connectivity index (χ2v) is 7.33. The molecule has 0 aliphatic carbocycles. The van der Waals surface area contributed by atoms with Crippen LogP contribution in [0.25, 0.3) is 10.9 Å². The van der Waals surface area contributed by atoms with Gasteiger partial charge in [-0.15, -0.1) is 0 Å². The van der Waals surface area contributed by atoms with Crippen molar-refractivity contribution in [2.45, 2.75) is 32.1 Å². The Bertz CT molecular complexity index is 979. The minimum absolute atomic E-state index is 0.562. The molecule has 2 aromatic heterocycles. The molecule has 1 aliphatic rings. The van der Waals surface area contributed by atoms with E-state index in [0.717, 1.165) is 30.4 Å². The van der Waals surface area contributed by atoms with Gasteiger partial charge in [0.1, 0.15) is 0 Å². The van der Waals surface area contributed by atoms with Crippen molar-refractivity contribution < 1.29 is 13.2 Å². The van der Waals surface area contributed by atoms with Crippen molar-refractivity contribution >= 4 is 22.5 Å². The van der Waals surface area contributed by atoms with Gasteiger partial charge in [0.2, 0.25) is 5.82 Å². The molecule has 27 heavy (non-hydrogen) atoms. The number of likely N-dealkylation sites (N-methyl/N-ethyl adjacent to an activating group) is 1. The van der Waals surface area contributed by atoms with Crippen LogP contribution in [0.3, 0.4) is 0 Å². The first-order valence-electron chi connectivity index (χ1n) is 8.69. The van der Waals surface area contributed by atoms with Gasteiger partial charge in [-0.1, -0.05) is 11.6 Å². The predicted molar refractivity (Wildman–Crippen MR) is 97.7 cm³/mol. The summed E-state index contributed by atoms with van der Waals surface area (Å²) in [6.45, 7) is 2.49. The van der Waals surface area contributed by atoms with Crippen LogP contribution in [-0.4, -0.2) is 33.0 Å². The Morgan fingerprint density at radius 3 is 2.63 bits per heavy atom. The molecular weight excluding hydrogens is 377 g/mol. The van der Waals surface area contributed by atoms with Crippen LogP contribution in [0.5, 0.6) is 0 Å². The quantitative estimate of drug-likeness (QED) is 0.663. The topological polar surface area (TPSA) is 34.0 Å². The van der Waals surface area contributed by atoms with Gasteiger partial charge in [-0.05, 0) is 42.8 Å². The van der Waals surface area contributed by atoms with Gasteiger partial charge in [0.05, 0.1) is 0 Å². The summed E-state index contributed by atoms with van der Waals surface area (Å²) in [5.41, 5.74) is 4.34. The summed E-state index contributed by atoms with van der Waals surface area (Å²) in [5, 5.41) is 1.85. The fraction of sp³-hybridized carbons (Fsp3) is 0.368. The molecule has 8 heteroatoms. The van der Waals surface area contributed by atoms with E-state index in [9.17, 15) is 13.2 Å². The van der Waals surface area contributed by atoms with Gasteiger partial charge >= 0.3 is 6.18 Å². The molecule has 4 rings (SSSR count). The highest BCUT2D eigenvalue weighted by Gasteiger charge is 2.34. The molecule has 0 saturated heterocycles. The first-order chi connectivity index (χ1) is 12.8. The van der Waals surface area contributed by atoms with Gasteiger partial charge in [-0.3, -0.25) is 0 Å². The maximum absolute atomic E-state index is 12.6. The van der Waals surface area contributed by atoms with Crippen LogP contribution in [0.1, 0.15) is 22.6 Å². The van der Waals surface area contributed by atoms with Crippen LogP contribution >= 0.6 is 11.6 Å². The average molecular weight is 395 g/mol. The Labute approximate surface area is 159 Å². The molecule has 4 nitrogen and oxygen atoms in total. The van der Waals surface area contributed by atoms with Gasteiger partial charge in [-0.2, -0.15) is 13.2 Å². The summed E-state index contributed by atoms with van der Waals surface area (Å²) < 4.78 is 40.1. The highest BCUT2D eigenvalue weighted by molar-refractivity contribution is 6.31. The number of hydrogen-bond acceptors (Lipinski definition) is 3. The molecule has 1 aromatic carbocycles. The Hall–Kier alpha value is -2.12. The zero-order valence-electron chi connectivity index (χ0n) is 14.7. The van der Waals surface area contributed by atoms with Crippen molar-refractivity contribution in [3.05, 3.63) is 58.3 Å². The summed E-state index contributed by atoms with van der Waals surface area (Å²) >= 11 is 6.20. The number of hydrogen-bond donors (Lipinski definition) is 0. The third-order valence-electron chi connectivity index (χ3n) is 4.99. The van der Waals surface area contributed by atoms with Crippen LogP contribution in [0.15, 0.2) is 30.6 Å². The van der Waals surface area contributed by atoms with Gasteiger partial charge < -0.3 is 9.47 Å². The summed E-state index contributed by atoms with van der Waals surface area (Å²) in [6.07, 6.45) is -0.495. The number of alkyl halides is 3. The maximum Gasteiger partial charge on any atom is 0.451 e. The summed E-state index contributed by atoms with van der Waals surface area (Å²) in [4.78, 5) is 9.18. The zero-order chi connectivity index (χ0) is 19.2. The van der Waals surface area contributed by atoms with E-state index >= 15 is 0 Å². The number of aryl methyl sites for hydroxylation is 2. The van der Waals surface area contributed by atoms with Crippen LogP contribution < -0.4 is 0 Å². The molecule has 3 aromatic rings.